The van der Waals surface area contributed by atoms with Gasteiger partial charge in [-0.25, -0.2) is 4.39 Å². The summed E-state index contributed by atoms with van der Waals surface area (Å²) >= 11 is 1.56. The predicted molar refractivity (Wildman–Crippen MR) is 69.5 cm³/mol. The number of rotatable bonds is 3. The van der Waals surface area contributed by atoms with Crippen molar-refractivity contribution in [3.63, 3.8) is 0 Å². The highest BCUT2D eigenvalue weighted by Crippen LogP contribution is 2.34. The van der Waals surface area contributed by atoms with Gasteiger partial charge in [0.1, 0.15) is 5.82 Å². The van der Waals surface area contributed by atoms with Crippen molar-refractivity contribution in [2.24, 2.45) is 0 Å². The summed E-state index contributed by atoms with van der Waals surface area (Å²) in [6.07, 6.45) is 0. The molecule has 1 nitrogen and oxygen atoms in total. The zero-order valence-electron chi connectivity index (χ0n) is 10.6. The number of hydrogen-bond donors (Lipinski definition) is 1. The molecule has 1 aromatic rings. The molecule has 0 aromatic heterocycles. The minimum atomic E-state index is -0.125. The first-order chi connectivity index (χ1) is 7.33. The molecular weight excluding hydrogens is 221 g/mol. The average Bonchev–Trinajstić information content (AvgIpc) is 2.18. The fourth-order valence-corrected chi connectivity index (χ4v) is 2.32. The molecule has 16 heavy (non-hydrogen) atoms. The summed E-state index contributed by atoms with van der Waals surface area (Å²) in [5.74, 6) is -0.125. The number of nitrogens with one attached hydrogen (secondary N) is 1. The van der Waals surface area contributed by atoms with Crippen LogP contribution in [0.2, 0.25) is 0 Å². The Bertz CT molecular complexity index is 357. The molecule has 0 heterocycles. The average molecular weight is 241 g/mol. The van der Waals surface area contributed by atoms with Gasteiger partial charge in [0.05, 0.1) is 0 Å². The SMILES string of the molecule is CNC(C)c1ccc(SC(C)(C)C)c(F)c1. The maximum Gasteiger partial charge on any atom is 0.137 e. The van der Waals surface area contributed by atoms with Gasteiger partial charge < -0.3 is 5.32 Å². The summed E-state index contributed by atoms with van der Waals surface area (Å²) in [5.41, 5.74) is 0.984. The number of hydrogen-bond acceptors (Lipinski definition) is 2. The first kappa shape index (κ1) is 13.5. The minimum absolute atomic E-state index is 0.0387. The van der Waals surface area contributed by atoms with E-state index in [1.165, 1.54) is 0 Å². The maximum atomic E-state index is 13.8. The highest BCUT2D eigenvalue weighted by molar-refractivity contribution is 8.00. The highest BCUT2D eigenvalue weighted by atomic mass is 32.2. The number of thioether (sulfide) groups is 1. The van der Waals surface area contributed by atoms with E-state index >= 15 is 0 Å². The number of halogens is 1. The zero-order chi connectivity index (χ0) is 12.3. The normalized spacial score (nSPS) is 13.9. The molecule has 1 rings (SSSR count). The van der Waals surface area contributed by atoms with E-state index in [0.29, 0.717) is 0 Å². The summed E-state index contributed by atoms with van der Waals surface area (Å²) in [6.45, 7) is 8.27. The van der Waals surface area contributed by atoms with E-state index < -0.39 is 0 Å². The third-order valence-corrected chi connectivity index (χ3v) is 3.47. The zero-order valence-corrected chi connectivity index (χ0v) is 11.4. The van der Waals surface area contributed by atoms with E-state index in [9.17, 15) is 4.39 Å². The standard InChI is InChI=1S/C13H20FNS/c1-9(15-5)10-6-7-12(11(14)8-10)16-13(2,3)4/h6-9,15H,1-5H3. The summed E-state index contributed by atoms with van der Waals surface area (Å²) in [4.78, 5) is 0.722. The Hall–Kier alpha value is -0.540. The lowest BCUT2D eigenvalue weighted by Gasteiger charge is -2.19. The van der Waals surface area contributed by atoms with Crippen molar-refractivity contribution in [1.29, 1.82) is 0 Å². The van der Waals surface area contributed by atoms with Crippen molar-refractivity contribution < 1.29 is 4.39 Å². The van der Waals surface area contributed by atoms with Gasteiger partial charge in [-0.3, -0.25) is 0 Å². The van der Waals surface area contributed by atoms with Crippen molar-refractivity contribution in [2.45, 2.75) is 43.4 Å². The van der Waals surface area contributed by atoms with E-state index in [-0.39, 0.29) is 16.6 Å². The van der Waals surface area contributed by atoms with Crippen molar-refractivity contribution in [1.82, 2.24) is 5.32 Å². The van der Waals surface area contributed by atoms with Crippen LogP contribution in [-0.4, -0.2) is 11.8 Å². The summed E-state index contributed by atoms with van der Waals surface area (Å²) in [6, 6.07) is 5.66. The second-order valence-corrected chi connectivity index (χ2v) is 6.78. The lowest BCUT2D eigenvalue weighted by Crippen LogP contribution is -2.13. The summed E-state index contributed by atoms with van der Waals surface area (Å²) < 4.78 is 13.9. The van der Waals surface area contributed by atoms with Gasteiger partial charge in [0, 0.05) is 15.7 Å². The molecule has 1 N–H and O–H groups in total. The van der Waals surface area contributed by atoms with Crippen LogP contribution in [0, 0.1) is 5.82 Å². The van der Waals surface area contributed by atoms with E-state index in [4.69, 9.17) is 0 Å². The third kappa shape index (κ3) is 3.80. The smallest absolute Gasteiger partial charge is 0.137 e. The van der Waals surface area contributed by atoms with E-state index in [1.54, 1.807) is 17.8 Å². The second kappa shape index (κ2) is 5.19. The Morgan fingerprint density at radius 3 is 2.38 bits per heavy atom. The monoisotopic (exact) mass is 241 g/mol. The van der Waals surface area contributed by atoms with Crippen LogP contribution in [0.1, 0.15) is 39.3 Å². The molecule has 0 amide bonds. The fourth-order valence-electron chi connectivity index (χ4n) is 1.37. The summed E-state index contributed by atoms with van der Waals surface area (Å²) in [5, 5.41) is 3.10. The Morgan fingerprint density at radius 2 is 1.94 bits per heavy atom. The van der Waals surface area contributed by atoms with Crippen LogP contribution in [0.25, 0.3) is 0 Å². The van der Waals surface area contributed by atoms with Gasteiger partial charge in [0.15, 0.2) is 0 Å². The lowest BCUT2D eigenvalue weighted by atomic mass is 10.1. The summed E-state index contributed by atoms with van der Waals surface area (Å²) in [7, 11) is 1.88. The molecule has 0 saturated heterocycles. The topological polar surface area (TPSA) is 12.0 Å². The highest BCUT2D eigenvalue weighted by Gasteiger charge is 2.16. The van der Waals surface area contributed by atoms with Crippen LogP contribution in [0.5, 0.6) is 0 Å². The van der Waals surface area contributed by atoms with Crippen LogP contribution < -0.4 is 5.32 Å². The fraction of sp³-hybridized carbons (Fsp3) is 0.538. The van der Waals surface area contributed by atoms with Gasteiger partial charge in [-0.15, -0.1) is 11.8 Å². The van der Waals surface area contributed by atoms with Crippen molar-refractivity contribution in [3.8, 4) is 0 Å². The molecule has 90 valence electrons. The van der Waals surface area contributed by atoms with Gasteiger partial charge in [-0.2, -0.15) is 0 Å². The first-order valence-electron chi connectivity index (χ1n) is 5.49. The molecule has 3 heteroatoms. The van der Waals surface area contributed by atoms with E-state index in [1.807, 2.05) is 26.1 Å². The largest absolute Gasteiger partial charge is 0.313 e. The molecule has 0 saturated carbocycles. The minimum Gasteiger partial charge on any atom is -0.313 e. The number of benzene rings is 1. The van der Waals surface area contributed by atoms with Gasteiger partial charge in [0.25, 0.3) is 0 Å². The van der Waals surface area contributed by atoms with Gasteiger partial charge >= 0.3 is 0 Å². The van der Waals surface area contributed by atoms with Crippen LogP contribution >= 0.6 is 11.8 Å². The second-order valence-electron chi connectivity index (χ2n) is 4.91. The third-order valence-electron chi connectivity index (χ3n) is 2.31. The van der Waals surface area contributed by atoms with Crippen LogP contribution in [0.3, 0.4) is 0 Å². The molecule has 1 aromatic carbocycles. The maximum absolute atomic E-state index is 13.8. The lowest BCUT2D eigenvalue weighted by molar-refractivity contribution is 0.586. The molecule has 0 bridgehead atoms. The van der Waals surface area contributed by atoms with Crippen LogP contribution in [-0.2, 0) is 0 Å². The van der Waals surface area contributed by atoms with Crippen molar-refractivity contribution in [3.05, 3.63) is 29.6 Å². The van der Waals surface area contributed by atoms with E-state index in [0.717, 1.165) is 10.5 Å². The molecule has 0 spiro atoms. The van der Waals surface area contributed by atoms with Crippen LogP contribution in [0.15, 0.2) is 23.1 Å². The Morgan fingerprint density at radius 1 is 1.31 bits per heavy atom. The molecule has 0 aliphatic heterocycles. The predicted octanol–water partition coefficient (Wildman–Crippen LogP) is 4.00. The Kier molecular flexibility index (Phi) is 4.39. The van der Waals surface area contributed by atoms with Crippen LogP contribution in [0.4, 0.5) is 4.39 Å². The van der Waals surface area contributed by atoms with Crippen molar-refractivity contribution in [2.75, 3.05) is 7.05 Å². The molecule has 0 fully saturated rings. The van der Waals surface area contributed by atoms with Crippen molar-refractivity contribution >= 4 is 11.8 Å². The molecule has 1 unspecified atom stereocenters. The molecule has 0 aliphatic rings. The quantitative estimate of drug-likeness (QED) is 0.803. The molecule has 0 radical (unpaired) electrons. The van der Waals surface area contributed by atoms with E-state index in [2.05, 4.69) is 26.1 Å². The Balaban J connectivity index is 2.92. The molecular formula is C13H20FNS. The van der Waals surface area contributed by atoms with Gasteiger partial charge in [-0.1, -0.05) is 26.8 Å². The van der Waals surface area contributed by atoms with Gasteiger partial charge in [0.2, 0.25) is 0 Å². The molecule has 0 aliphatic carbocycles. The first-order valence-corrected chi connectivity index (χ1v) is 6.31. The molecule has 1 atom stereocenters. The Labute approximate surface area is 102 Å². The van der Waals surface area contributed by atoms with Gasteiger partial charge in [-0.05, 0) is 31.7 Å².